The number of nitrogens with zero attached hydrogens (tertiary/aromatic N) is 1. The Bertz CT molecular complexity index is 625. The van der Waals surface area contributed by atoms with Crippen LogP contribution < -0.4 is 5.32 Å². The summed E-state index contributed by atoms with van der Waals surface area (Å²) < 4.78 is 4.92. The van der Waals surface area contributed by atoms with Crippen molar-refractivity contribution in [3.05, 3.63) is 29.8 Å². The van der Waals surface area contributed by atoms with Crippen LogP contribution in [0.1, 0.15) is 44.0 Å². The Morgan fingerprint density at radius 2 is 1.96 bits per heavy atom. The van der Waals surface area contributed by atoms with Crippen LogP contribution in [-0.2, 0) is 14.3 Å². The van der Waals surface area contributed by atoms with Gasteiger partial charge in [-0.1, -0.05) is 13.8 Å². The molecule has 2 rings (SSSR count). The molecule has 0 radical (unpaired) electrons. The highest BCUT2D eigenvalue weighted by atomic mass is 16.5. The highest BCUT2D eigenvalue weighted by molar-refractivity contribution is 5.97. The molecule has 0 aromatic heterocycles. The third-order valence-corrected chi connectivity index (χ3v) is 4.23. The van der Waals surface area contributed by atoms with Crippen LogP contribution in [0.15, 0.2) is 24.3 Å². The Labute approximate surface area is 148 Å². The minimum atomic E-state index is -0.387. The molecule has 0 saturated carbocycles. The van der Waals surface area contributed by atoms with Gasteiger partial charge in [0.05, 0.1) is 18.1 Å². The summed E-state index contributed by atoms with van der Waals surface area (Å²) in [7, 11) is 0. The van der Waals surface area contributed by atoms with E-state index >= 15 is 0 Å². The van der Waals surface area contributed by atoms with Gasteiger partial charge in [-0.3, -0.25) is 9.59 Å². The number of amides is 2. The van der Waals surface area contributed by atoms with Gasteiger partial charge in [0.1, 0.15) is 0 Å². The van der Waals surface area contributed by atoms with E-state index in [1.54, 1.807) is 36.1 Å². The number of benzene rings is 1. The summed E-state index contributed by atoms with van der Waals surface area (Å²) in [5.41, 5.74) is 1.04. The number of hydrogen-bond acceptors (Lipinski definition) is 4. The Balaban J connectivity index is 1.89. The van der Waals surface area contributed by atoms with Crippen molar-refractivity contribution in [2.75, 3.05) is 25.0 Å². The van der Waals surface area contributed by atoms with Crippen LogP contribution in [0.4, 0.5) is 5.69 Å². The molecule has 1 aromatic carbocycles. The first-order valence-corrected chi connectivity index (χ1v) is 8.76. The van der Waals surface area contributed by atoms with Gasteiger partial charge in [-0.15, -0.1) is 0 Å². The maximum absolute atomic E-state index is 12.4. The molecule has 0 aliphatic carbocycles. The normalized spacial score (nSPS) is 17.0. The highest BCUT2D eigenvalue weighted by Gasteiger charge is 2.34. The fraction of sp³-hybridized carbons (Fsp3) is 0.526. The lowest BCUT2D eigenvalue weighted by molar-refractivity contribution is -0.128. The largest absolute Gasteiger partial charge is 0.462 e. The van der Waals surface area contributed by atoms with Crippen molar-refractivity contribution in [1.29, 1.82) is 0 Å². The van der Waals surface area contributed by atoms with E-state index < -0.39 is 0 Å². The number of esters is 1. The first-order chi connectivity index (χ1) is 11.9. The average Bonchev–Trinajstić information content (AvgIpc) is 2.95. The molecule has 0 bridgehead atoms. The zero-order valence-corrected chi connectivity index (χ0v) is 15.1. The molecule has 1 saturated heterocycles. The fourth-order valence-corrected chi connectivity index (χ4v) is 2.73. The van der Waals surface area contributed by atoms with Gasteiger partial charge in [0.15, 0.2) is 0 Å². The van der Waals surface area contributed by atoms with E-state index in [9.17, 15) is 14.4 Å². The Morgan fingerprint density at radius 3 is 2.56 bits per heavy atom. The lowest BCUT2D eigenvalue weighted by Crippen LogP contribution is -2.29. The molecule has 1 unspecified atom stereocenters. The number of nitrogens with one attached hydrogen (secondary N) is 1. The molecule has 1 fully saturated rings. The minimum Gasteiger partial charge on any atom is -0.462 e. The third kappa shape index (κ3) is 5.31. The summed E-state index contributed by atoms with van der Waals surface area (Å²) in [5.74, 6) is -0.312. The lowest BCUT2D eigenvalue weighted by Gasteiger charge is -2.17. The lowest BCUT2D eigenvalue weighted by atomic mass is 10.1. The third-order valence-electron chi connectivity index (χ3n) is 4.23. The van der Waals surface area contributed by atoms with Crippen molar-refractivity contribution in [2.45, 2.75) is 33.6 Å². The number of likely N-dealkylation sites (tertiary alicyclic amines) is 1. The second kappa shape index (κ2) is 8.65. The van der Waals surface area contributed by atoms with Gasteiger partial charge in [-0.2, -0.15) is 0 Å². The maximum Gasteiger partial charge on any atom is 0.338 e. The van der Waals surface area contributed by atoms with E-state index in [0.717, 1.165) is 6.42 Å². The zero-order chi connectivity index (χ0) is 18.4. The molecular weight excluding hydrogens is 320 g/mol. The van der Waals surface area contributed by atoms with Gasteiger partial charge in [-0.25, -0.2) is 4.79 Å². The molecule has 1 N–H and O–H groups in total. The van der Waals surface area contributed by atoms with Crippen molar-refractivity contribution < 1.29 is 19.1 Å². The summed E-state index contributed by atoms with van der Waals surface area (Å²) in [6, 6.07) is 6.56. The molecule has 6 nitrogen and oxygen atoms in total. The highest BCUT2D eigenvalue weighted by Crippen LogP contribution is 2.21. The molecule has 6 heteroatoms. The molecule has 25 heavy (non-hydrogen) atoms. The molecule has 1 heterocycles. The van der Waals surface area contributed by atoms with E-state index in [2.05, 4.69) is 19.2 Å². The molecule has 1 aromatic rings. The van der Waals surface area contributed by atoms with E-state index in [4.69, 9.17) is 4.74 Å². The van der Waals surface area contributed by atoms with Crippen LogP contribution in [0, 0.1) is 11.8 Å². The van der Waals surface area contributed by atoms with Crippen molar-refractivity contribution in [3.63, 3.8) is 0 Å². The second-order valence-corrected chi connectivity index (χ2v) is 6.71. The summed E-state index contributed by atoms with van der Waals surface area (Å²) in [4.78, 5) is 37.8. The van der Waals surface area contributed by atoms with Crippen molar-refractivity contribution in [3.8, 4) is 0 Å². The summed E-state index contributed by atoms with van der Waals surface area (Å²) in [6.45, 7) is 7.47. The monoisotopic (exact) mass is 346 g/mol. The number of carbonyl (C=O) groups excluding carboxylic acids is 3. The van der Waals surface area contributed by atoms with Crippen LogP contribution in [0.5, 0.6) is 0 Å². The second-order valence-electron chi connectivity index (χ2n) is 6.71. The van der Waals surface area contributed by atoms with E-state index in [0.29, 0.717) is 36.9 Å². The fourth-order valence-electron chi connectivity index (χ4n) is 2.73. The smallest absolute Gasteiger partial charge is 0.338 e. The van der Waals surface area contributed by atoms with Gasteiger partial charge < -0.3 is 15.0 Å². The standard InChI is InChI=1S/C19H26N2O4/c1-4-25-19(24)14-5-7-16(8-6-14)20-18(23)15-11-17(22)21(12-15)10-9-13(2)3/h5-8,13,15H,4,9-12H2,1-3H3,(H,20,23). The van der Waals surface area contributed by atoms with Gasteiger partial charge in [0, 0.05) is 25.2 Å². The summed E-state index contributed by atoms with van der Waals surface area (Å²) in [5, 5.41) is 2.82. The average molecular weight is 346 g/mol. The molecular formula is C19H26N2O4. The van der Waals surface area contributed by atoms with Crippen LogP contribution in [0.25, 0.3) is 0 Å². The van der Waals surface area contributed by atoms with Gasteiger partial charge >= 0.3 is 5.97 Å². The number of ether oxygens (including phenoxy) is 1. The van der Waals surface area contributed by atoms with Crippen LogP contribution in [0.3, 0.4) is 0 Å². The molecule has 0 spiro atoms. The number of carbonyl (C=O) groups is 3. The van der Waals surface area contributed by atoms with Gasteiger partial charge in [0.2, 0.25) is 11.8 Å². The topological polar surface area (TPSA) is 75.7 Å². The SMILES string of the molecule is CCOC(=O)c1ccc(NC(=O)C2CC(=O)N(CCC(C)C)C2)cc1. The van der Waals surface area contributed by atoms with Crippen molar-refractivity contribution in [2.24, 2.45) is 11.8 Å². The Morgan fingerprint density at radius 1 is 1.28 bits per heavy atom. The van der Waals surface area contributed by atoms with Crippen LogP contribution in [-0.4, -0.2) is 42.4 Å². The number of rotatable bonds is 7. The molecule has 2 amide bonds. The van der Waals surface area contributed by atoms with E-state index in [-0.39, 0.29) is 30.1 Å². The molecule has 136 valence electrons. The first kappa shape index (κ1) is 19.0. The Kier molecular flexibility index (Phi) is 6.56. The predicted octanol–water partition coefficient (Wildman–Crippen LogP) is 2.70. The zero-order valence-electron chi connectivity index (χ0n) is 15.1. The first-order valence-electron chi connectivity index (χ1n) is 8.76. The minimum absolute atomic E-state index is 0.0402. The quantitative estimate of drug-likeness (QED) is 0.770. The van der Waals surface area contributed by atoms with Gasteiger partial charge in [0.25, 0.3) is 0 Å². The number of anilines is 1. The van der Waals surface area contributed by atoms with Crippen molar-refractivity contribution >= 4 is 23.5 Å². The predicted molar refractivity (Wildman–Crippen MR) is 95.2 cm³/mol. The molecule has 1 aliphatic rings. The maximum atomic E-state index is 12.4. The van der Waals surface area contributed by atoms with E-state index in [1.165, 1.54) is 0 Å². The van der Waals surface area contributed by atoms with Crippen molar-refractivity contribution in [1.82, 2.24) is 4.90 Å². The van der Waals surface area contributed by atoms with Crippen LogP contribution >= 0.6 is 0 Å². The number of hydrogen-bond donors (Lipinski definition) is 1. The van der Waals surface area contributed by atoms with Gasteiger partial charge in [-0.05, 0) is 43.5 Å². The van der Waals surface area contributed by atoms with Crippen LogP contribution in [0.2, 0.25) is 0 Å². The molecule has 1 aliphatic heterocycles. The Hall–Kier alpha value is -2.37. The molecule has 1 atom stereocenters. The summed E-state index contributed by atoms with van der Waals surface area (Å²) >= 11 is 0. The van der Waals surface area contributed by atoms with E-state index in [1.807, 2.05) is 0 Å². The summed E-state index contributed by atoms with van der Waals surface area (Å²) in [6.07, 6.45) is 1.19.